The Morgan fingerprint density at radius 3 is 2.35 bits per heavy atom. The molecule has 2 aromatic rings. The second-order valence-electron chi connectivity index (χ2n) is 4.97. The number of rotatable bonds is 10. The molecule has 0 saturated heterocycles. The van der Waals surface area contributed by atoms with Crippen LogP contribution in [0.2, 0.25) is 0 Å². The van der Waals surface area contributed by atoms with Crippen molar-refractivity contribution >= 4 is 5.69 Å². The predicted molar refractivity (Wildman–Crippen MR) is 93.4 cm³/mol. The summed E-state index contributed by atoms with van der Waals surface area (Å²) in [6.45, 7) is 7.24. The summed E-state index contributed by atoms with van der Waals surface area (Å²) in [4.78, 5) is 0. The minimum atomic E-state index is 0.551. The number of benzene rings is 2. The molecule has 0 aromatic heterocycles. The summed E-state index contributed by atoms with van der Waals surface area (Å²) < 4.78 is 16.5. The Labute approximate surface area is 138 Å². The van der Waals surface area contributed by atoms with Crippen LogP contribution < -0.4 is 14.8 Å². The van der Waals surface area contributed by atoms with Crippen LogP contribution in [0, 0.1) is 0 Å². The first kappa shape index (κ1) is 17.2. The minimum absolute atomic E-state index is 0.551. The maximum Gasteiger partial charge on any atom is 0.142 e. The van der Waals surface area contributed by atoms with E-state index in [9.17, 15) is 0 Å². The Balaban J connectivity index is 1.89. The molecule has 0 fully saturated rings. The summed E-state index contributed by atoms with van der Waals surface area (Å²) in [5.41, 5.74) is 2.18. The lowest BCUT2D eigenvalue weighted by Gasteiger charge is -2.13. The lowest BCUT2D eigenvalue weighted by Crippen LogP contribution is -2.08. The van der Waals surface area contributed by atoms with Crippen molar-refractivity contribution in [1.29, 1.82) is 0 Å². The molecule has 4 nitrogen and oxygen atoms in total. The highest BCUT2D eigenvalue weighted by Gasteiger charge is 2.03. The minimum Gasteiger partial charge on any atom is -0.494 e. The van der Waals surface area contributed by atoms with Crippen molar-refractivity contribution in [2.24, 2.45) is 0 Å². The van der Waals surface area contributed by atoms with Crippen LogP contribution in [0.1, 0.15) is 19.4 Å². The fraction of sp³-hybridized carbons (Fsp3) is 0.368. The van der Waals surface area contributed by atoms with Crippen molar-refractivity contribution in [2.45, 2.75) is 20.4 Å². The molecule has 23 heavy (non-hydrogen) atoms. The zero-order valence-electron chi connectivity index (χ0n) is 13.9. The topological polar surface area (TPSA) is 39.7 Å². The Morgan fingerprint density at radius 2 is 1.61 bits per heavy atom. The van der Waals surface area contributed by atoms with Gasteiger partial charge < -0.3 is 19.5 Å². The van der Waals surface area contributed by atoms with E-state index in [1.807, 2.05) is 50.2 Å². The van der Waals surface area contributed by atoms with Crippen LogP contribution in [0.15, 0.2) is 48.5 Å². The molecule has 0 atom stereocenters. The van der Waals surface area contributed by atoms with E-state index >= 15 is 0 Å². The molecular formula is C19H25NO3. The summed E-state index contributed by atoms with van der Waals surface area (Å²) in [7, 11) is 0. The quantitative estimate of drug-likeness (QED) is 0.670. The molecule has 0 heterocycles. The molecule has 0 saturated carbocycles. The SMILES string of the molecule is CCOCCOc1ccccc1NCc1ccc(OCC)cc1. The molecule has 0 aliphatic carbocycles. The monoisotopic (exact) mass is 315 g/mol. The average Bonchev–Trinajstić information content (AvgIpc) is 2.59. The highest BCUT2D eigenvalue weighted by atomic mass is 16.5. The fourth-order valence-corrected chi connectivity index (χ4v) is 2.16. The summed E-state index contributed by atoms with van der Waals surface area (Å²) in [6, 6.07) is 16.1. The molecule has 124 valence electrons. The molecule has 0 amide bonds. The first-order valence-corrected chi connectivity index (χ1v) is 8.08. The maximum absolute atomic E-state index is 5.77. The fourth-order valence-electron chi connectivity index (χ4n) is 2.16. The molecule has 0 aliphatic rings. The third-order valence-corrected chi connectivity index (χ3v) is 3.29. The van der Waals surface area contributed by atoms with Crippen LogP contribution in [-0.4, -0.2) is 26.4 Å². The lowest BCUT2D eigenvalue weighted by molar-refractivity contribution is 0.110. The van der Waals surface area contributed by atoms with Gasteiger partial charge in [-0.3, -0.25) is 0 Å². The summed E-state index contributed by atoms with van der Waals surface area (Å²) in [5.74, 6) is 1.74. The zero-order chi connectivity index (χ0) is 16.3. The van der Waals surface area contributed by atoms with Crippen LogP contribution in [0.3, 0.4) is 0 Å². The third-order valence-electron chi connectivity index (χ3n) is 3.29. The lowest BCUT2D eigenvalue weighted by atomic mass is 10.2. The van der Waals surface area contributed by atoms with Gasteiger partial charge in [-0.1, -0.05) is 24.3 Å². The smallest absolute Gasteiger partial charge is 0.142 e. The highest BCUT2D eigenvalue weighted by Crippen LogP contribution is 2.24. The first-order valence-electron chi connectivity index (χ1n) is 8.08. The van der Waals surface area contributed by atoms with E-state index in [1.54, 1.807) is 0 Å². The van der Waals surface area contributed by atoms with Gasteiger partial charge in [-0.05, 0) is 43.7 Å². The van der Waals surface area contributed by atoms with Crippen molar-refractivity contribution in [3.8, 4) is 11.5 Å². The van der Waals surface area contributed by atoms with E-state index in [4.69, 9.17) is 14.2 Å². The maximum atomic E-state index is 5.77. The second-order valence-corrected chi connectivity index (χ2v) is 4.97. The van der Waals surface area contributed by atoms with Crippen molar-refractivity contribution in [3.05, 3.63) is 54.1 Å². The van der Waals surface area contributed by atoms with Gasteiger partial charge in [0.15, 0.2) is 0 Å². The summed E-state index contributed by atoms with van der Waals surface area (Å²) in [5, 5.41) is 3.42. The van der Waals surface area contributed by atoms with Gasteiger partial charge in [-0.25, -0.2) is 0 Å². The number of hydrogen-bond donors (Lipinski definition) is 1. The standard InChI is InChI=1S/C19H25NO3/c1-3-21-13-14-23-19-8-6-5-7-18(19)20-15-16-9-11-17(12-10-16)22-4-2/h5-12,20H,3-4,13-15H2,1-2H3. The van der Waals surface area contributed by atoms with Crippen LogP contribution in [0.4, 0.5) is 5.69 Å². The van der Waals surface area contributed by atoms with E-state index in [2.05, 4.69) is 17.4 Å². The number of para-hydroxylation sites is 2. The van der Waals surface area contributed by atoms with Crippen molar-refractivity contribution < 1.29 is 14.2 Å². The van der Waals surface area contributed by atoms with E-state index in [0.717, 1.165) is 23.7 Å². The largest absolute Gasteiger partial charge is 0.494 e. The molecule has 0 aliphatic heterocycles. The van der Waals surface area contributed by atoms with E-state index in [1.165, 1.54) is 5.56 Å². The molecule has 2 rings (SSSR count). The Morgan fingerprint density at radius 1 is 0.826 bits per heavy atom. The number of nitrogens with one attached hydrogen (secondary N) is 1. The van der Waals surface area contributed by atoms with Crippen molar-refractivity contribution in [2.75, 3.05) is 31.7 Å². The molecule has 0 radical (unpaired) electrons. The molecule has 0 unspecified atom stereocenters. The summed E-state index contributed by atoms with van der Waals surface area (Å²) in [6.07, 6.45) is 0. The highest BCUT2D eigenvalue weighted by molar-refractivity contribution is 5.56. The van der Waals surface area contributed by atoms with Gasteiger partial charge in [0.1, 0.15) is 18.1 Å². The third kappa shape index (κ3) is 5.83. The van der Waals surface area contributed by atoms with Gasteiger partial charge in [-0.15, -0.1) is 0 Å². The molecule has 0 bridgehead atoms. The van der Waals surface area contributed by atoms with Gasteiger partial charge in [0.2, 0.25) is 0 Å². The van der Waals surface area contributed by atoms with Crippen molar-refractivity contribution in [3.63, 3.8) is 0 Å². The van der Waals surface area contributed by atoms with Crippen molar-refractivity contribution in [1.82, 2.24) is 0 Å². The first-order chi connectivity index (χ1) is 11.3. The molecule has 0 spiro atoms. The predicted octanol–water partition coefficient (Wildman–Crippen LogP) is 4.11. The molecule has 4 heteroatoms. The summed E-state index contributed by atoms with van der Waals surface area (Å²) >= 11 is 0. The van der Waals surface area contributed by atoms with Crippen LogP contribution in [-0.2, 0) is 11.3 Å². The van der Waals surface area contributed by atoms with Gasteiger partial charge in [0.05, 0.1) is 18.9 Å². The zero-order valence-corrected chi connectivity index (χ0v) is 13.9. The second kappa shape index (κ2) is 9.74. The van der Waals surface area contributed by atoms with Crippen LogP contribution in [0.25, 0.3) is 0 Å². The average molecular weight is 315 g/mol. The van der Waals surface area contributed by atoms with Gasteiger partial charge in [0, 0.05) is 13.2 Å². The molecular weight excluding hydrogens is 290 g/mol. The number of ether oxygens (including phenoxy) is 3. The van der Waals surface area contributed by atoms with E-state index in [-0.39, 0.29) is 0 Å². The van der Waals surface area contributed by atoms with Gasteiger partial charge >= 0.3 is 0 Å². The Bertz CT molecular complexity index is 569. The van der Waals surface area contributed by atoms with Gasteiger partial charge in [-0.2, -0.15) is 0 Å². The number of hydrogen-bond acceptors (Lipinski definition) is 4. The Kier molecular flexibility index (Phi) is 7.27. The number of anilines is 1. The molecule has 1 N–H and O–H groups in total. The molecule has 2 aromatic carbocycles. The normalized spacial score (nSPS) is 10.3. The van der Waals surface area contributed by atoms with Crippen LogP contribution in [0.5, 0.6) is 11.5 Å². The van der Waals surface area contributed by atoms with E-state index < -0.39 is 0 Å². The van der Waals surface area contributed by atoms with Gasteiger partial charge in [0.25, 0.3) is 0 Å². The Hall–Kier alpha value is -2.20. The van der Waals surface area contributed by atoms with E-state index in [0.29, 0.717) is 26.4 Å². The van der Waals surface area contributed by atoms with Crippen LogP contribution >= 0.6 is 0 Å².